The van der Waals surface area contributed by atoms with Crippen LogP contribution in [0.4, 0.5) is 0 Å². The van der Waals surface area contributed by atoms with Gasteiger partial charge in [0.15, 0.2) is 0 Å². The molecule has 0 atom stereocenters. The monoisotopic (exact) mass is 498 g/mol. The van der Waals surface area contributed by atoms with Gasteiger partial charge in [0.05, 0.1) is 0 Å². The molecule has 0 fully saturated rings. The van der Waals surface area contributed by atoms with E-state index in [2.05, 4.69) is 88.0 Å². The van der Waals surface area contributed by atoms with Gasteiger partial charge >= 0.3 is 0 Å². The average molecular weight is 502 g/mol. The molecule has 0 radical (unpaired) electrons. The van der Waals surface area contributed by atoms with Crippen molar-refractivity contribution < 1.29 is 0 Å². The molecular formula is C12H7Br4P. The van der Waals surface area contributed by atoms with E-state index in [4.69, 9.17) is 0 Å². The third kappa shape index (κ3) is 3.42. The Hall–Kier alpha value is 0.790. The van der Waals surface area contributed by atoms with Crippen LogP contribution < -0.4 is 10.6 Å². The molecule has 0 aliphatic heterocycles. The number of rotatable bonds is 2. The molecule has 0 amide bonds. The van der Waals surface area contributed by atoms with E-state index in [0.717, 1.165) is 17.9 Å². The van der Waals surface area contributed by atoms with Gasteiger partial charge in [-0.25, -0.2) is 0 Å². The number of halogens is 4. The molecule has 0 bridgehead atoms. The van der Waals surface area contributed by atoms with Gasteiger partial charge < -0.3 is 0 Å². The van der Waals surface area contributed by atoms with E-state index in [1.165, 1.54) is 10.6 Å². The third-order valence-electron chi connectivity index (χ3n) is 2.17. The van der Waals surface area contributed by atoms with Gasteiger partial charge in [-0.15, -0.1) is 0 Å². The largest absolute Gasteiger partial charge is 0.0604 e. The van der Waals surface area contributed by atoms with Crippen molar-refractivity contribution in [2.24, 2.45) is 0 Å². The van der Waals surface area contributed by atoms with E-state index in [0.29, 0.717) is 8.58 Å². The fourth-order valence-corrected chi connectivity index (χ4v) is 4.71. The molecule has 0 nitrogen and oxygen atoms in total. The van der Waals surface area contributed by atoms with E-state index >= 15 is 0 Å². The van der Waals surface area contributed by atoms with Crippen LogP contribution >= 0.6 is 72.3 Å². The van der Waals surface area contributed by atoms with Gasteiger partial charge in [-0.3, -0.25) is 0 Å². The predicted molar refractivity (Wildman–Crippen MR) is 91.3 cm³/mol. The Morgan fingerprint density at radius 3 is 1.47 bits per heavy atom. The van der Waals surface area contributed by atoms with Crippen LogP contribution in [0.2, 0.25) is 0 Å². The van der Waals surface area contributed by atoms with E-state index in [-0.39, 0.29) is 0 Å². The standard InChI is InChI=1S/C12H7Br4P/c13-7-3-1-5-9(11(7)15)17-10-6-2-4-8(14)12(10)16/h1-6,17H. The van der Waals surface area contributed by atoms with Crippen molar-refractivity contribution in [3.8, 4) is 0 Å². The maximum atomic E-state index is 3.61. The Morgan fingerprint density at radius 2 is 1.06 bits per heavy atom. The van der Waals surface area contributed by atoms with Crippen molar-refractivity contribution in [1.82, 2.24) is 0 Å². The SMILES string of the molecule is Brc1cccc(Pc2cccc(Br)c2Br)c1Br. The molecule has 17 heavy (non-hydrogen) atoms. The van der Waals surface area contributed by atoms with Gasteiger partial charge in [-0.1, -0.05) is 32.8 Å². The van der Waals surface area contributed by atoms with Crippen molar-refractivity contribution in [2.45, 2.75) is 0 Å². The highest BCUT2D eigenvalue weighted by Gasteiger charge is 2.08. The molecule has 0 spiro atoms. The zero-order valence-electron chi connectivity index (χ0n) is 8.48. The number of hydrogen-bond donors (Lipinski definition) is 0. The molecule has 0 saturated heterocycles. The summed E-state index contributed by atoms with van der Waals surface area (Å²) in [5, 5.41) is 2.58. The predicted octanol–water partition coefficient (Wildman–Crippen LogP) is 5.37. The van der Waals surface area contributed by atoms with Gasteiger partial charge in [-0.2, -0.15) is 0 Å². The van der Waals surface area contributed by atoms with Gasteiger partial charge in [0.2, 0.25) is 0 Å². The molecule has 2 aromatic rings. The minimum Gasteiger partial charge on any atom is -0.0604 e. The maximum Gasteiger partial charge on any atom is 0.0394 e. The van der Waals surface area contributed by atoms with Crippen molar-refractivity contribution in [1.29, 1.82) is 0 Å². The lowest BCUT2D eigenvalue weighted by molar-refractivity contribution is 1.63. The molecule has 0 unspecified atom stereocenters. The number of benzene rings is 2. The summed E-state index contributed by atoms with van der Waals surface area (Å²) < 4.78 is 4.44. The molecule has 0 saturated carbocycles. The van der Waals surface area contributed by atoms with Crippen molar-refractivity contribution in [3.63, 3.8) is 0 Å². The highest BCUT2D eigenvalue weighted by Crippen LogP contribution is 2.30. The Kier molecular flexibility index (Phi) is 5.26. The Balaban J connectivity index is 2.38. The molecular weight excluding hydrogens is 495 g/mol. The summed E-state index contributed by atoms with van der Waals surface area (Å²) in [5.74, 6) is 0. The summed E-state index contributed by atoms with van der Waals surface area (Å²) in [4.78, 5) is 0. The van der Waals surface area contributed by atoms with E-state index < -0.39 is 0 Å². The summed E-state index contributed by atoms with van der Waals surface area (Å²) in [6.07, 6.45) is 0. The molecule has 0 heterocycles. The summed E-state index contributed by atoms with van der Waals surface area (Å²) >= 11 is 14.3. The summed E-state index contributed by atoms with van der Waals surface area (Å²) in [7, 11) is 0.613. The maximum absolute atomic E-state index is 3.61. The fourth-order valence-electron chi connectivity index (χ4n) is 1.35. The van der Waals surface area contributed by atoms with Gasteiger partial charge in [-0.05, 0) is 86.5 Å². The second-order valence-electron chi connectivity index (χ2n) is 3.33. The molecule has 2 rings (SSSR count). The van der Waals surface area contributed by atoms with Crippen LogP contribution in [-0.2, 0) is 0 Å². The van der Waals surface area contributed by atoms with E-state index in [1.54, 1.807) is 0 Å². The highest BCUT2D eigenvalue weighted by molar-refractivity contribution is 9.13. The van der Waals surface area contributed by atoms with Crippen LogP contribution in [0, 0.1) is 0 Å². The van der Waals surface area contributed by atoms with E-state index in [1.807, 2.05) is 12.1 Å². The minimum absolute atomic E-state index is 0.613. The molecule has 0 N–H and O–H groups in total. The first-order valence-corrected chi connectivity index (χ1v) is 8.92. The first kappa shape index (κ1) is 14.2. The average Bonchev–Trinajstić information content (AvgIpc) is 2.31. The van der Waals surface area contributed by atoms with Gasteiger partial charge in [0.1, 0.15) is 0 Å². The lowest BCUT2D eigenvalue weighted by Crippen LogP contribution is -2.06. The lowest BCUT2D eigenvalue weighted by atomic mass is 10.4. The zero-order valence-corrected chi connectivity index (χ0v) is 15.8. The zero-order chi connectivity index (χ0) is 12.4. The summed E-state index contributed by atoms with van der Waals surface area (Å²) in [5.41, 5.74) is 0. The first-order valence-electron chi connectivity index (χ1n) is 4.74. The fraction of sp³-hybridized carbons (Fsp3) is 0. The van der Waals surface area contributed by atoms with Crippen LogP contribution in [0.1, 0.15) is 0 Å². The van der Waals surface area contributed by atoms with Crippen LogP contribution in [0.15, 0.2) is 54.3 Å². The van der Waals surface area contributed by atoms with Gasteiger partial charge in [0.25, 0.3) is 0 Å². The quantitative estimate of drug-likeness (QED) is 0.486. The van der Waals surface area contributed by atoms with Gasteiger partial charge in [0, 0.05) is 17.9 Å². The normalized spacial score (nSPS) is 10.6. The van der Waals surface area contributed by atoms with Crippen LogP contribution in [0.3, 0.4) is 0 Å². The van der Waals surface area contributed by atoms with Crippen molar-refractivity contribution in [2.75, 3.05) is 0 Å². The Bertz CT molecular complexity index is 505. The van der Waals surface area contributed by atoms with Crippen LogP contribution in [-0.4, -0.2) is 0 Å². The molecule has 2 aromatic carbocycles. The molecule has 88 valence electrons. The molecule has 0 aromatic heterocycles. The highest BCUT2D eigenvalue weighted by atomic mass is 79.9. The third-order valence-corrected chi connectivity index (χ3v) is 8.37. The molecule has 0 aliphatic rings. The smallest absolute Gasteiger partial charge is 0.0394 e. The van der Waals surface area contributed by atoms with E-state index in [9.17, 15) is 0 Å². The second-order valence-corrected chi connectivity index (χ2v) is 7.95. The van der Waals surface area contributed by atoms with Crippen molar-refractivity contribution >= 4 is 82.9 Å². The second kappa shape index (κ2) is 6.29. The lowest BCUT2D eigenvalue weighted by Gasteiger charge is -2.09. The van der Waals surface area contributed by atoms with Crippen molar-refractivity contribution in [3.05, 3.63) is 54.3 Å². The van der Waals surface area contributed by atoms with Crippen LogP contribution in [0.25, 0.3) is 0 Å². The Labute approximate surface area is 136 Å². The molecule has 5 heteroatoms. The van der Waals surface area contributed by atoms with Crippen LogP contribution in [0.5, 0.6) is 0 Å². The summed E-state index contributed by atoms with van der Waals surface area (Å²) in [6, 6.07) is 12.5. The topological polar surface area (TPSA) is 0 Å². The minimum atomic E-state index is 0.613. The first-order chi connectivity index (χ1) is 8.09. The number of hydrogen-bond acceptors (Lipinski definition) is 0. The summed E-state index contributed by atoms with van der Waals surface area (Å²) in [6.45, 7) is 0. The Morgan fingerprint density at radius 1 is 0.647 bits per heavy atom. The molecule has 0 aliphatic carbocycles.